The zero-order valence-electron chi connectivity index (χ0n) is 7.66. The Kier molecular flexibility index (Phi) is 2.71. The van der Waals surface area contributed by atoms with Crippen LogP contribution in [0.25, 0.3) is 0 Å². The van der Waals surface area contributed by atoms with Crippen molar-refractivity contribution >= 4 is 46.4 Å². The topological polar surface area (TPSA) is 38.3 Å². The molecule has 1 aromatic carbocycles. The molecule has 3 nitrogen and oxygen atoms in total. The molecule has 1 N–H and O–H groups in total. The highest BCUT2D eigenvalue weighted by Gasteiger charge is 2.25. The predicted octanol–water partition coefficient (Wildman–Crippen LogP) is 3.29. The summed E-state index contributed by atoms with van der Waals surface area (Å²) in [5.41, 5.74) is 1.01. The van der Waals surface area contributed by atoms with Gasteiger partial charge in [0.25, 0.3) is 5.91 Å². The van der Waals surface area contributed by atoms with Crippen LogP contribution in [0.3, 0.4) is 0 Å². The molecule has 1 aliphatic rings. The van der Waals surface area contributed by atoms with Gasteiger partial charge in [-0.3, -0.25) is 4.79 Å². The normalized spacial score (nSPS) is 14.3. The molecule has 1 aromatic rings. The smallest absolute Gasteiger partial charge is 0.262 e. The fourth-order valence-corrected chi connectivity index (χ4v) is 2.06. The third-order valence-corrected chi connectivity index (χ3v) is 3.51. The summed E-state index contributed by atoms with van der Waals surface area (Å²) >= 11 is 17.9. The molecule has 80 valence electrons. The summed E-state index contributed by atoms with van der Waals surface area (Å²) in [5.74, 6) is 0.0686. The second kappa shape index (κ2) is 3.74. The van der Waals surface area contributed by atoms with Crippen LogP contribution in [0.2, 0.25) is 15.1 Å². The number of carbonyl (C=O) groups is 1. The van der Waals surface area contributed by atoms with Crippen molar-refractivity contribution in [1.82, 2.24) is 0 Å². The van der Waals surface area contributed by atoms with Crippen LogP contribution in [-0.2, 0) is 4.79 Å². The van der Waals surface area contributed by atoms with Crippen LogP contribution in [0, 0.1) is 6.92 Å². The van der Waals surface area contributed by atoms with E-state index in [2.05, 4.69) is 5.32 Å². The lowest BCUT2D eigenvalue weighted by Crippen LogP contribution is -2.26. The van der Waals surface area contributed by atoms with Crippen LogP contribution in [0.5, 0.6) is 5.75 Å². The SMILES string of the molecule is Cc1c(Cl)c(Cl)c2c(c1Cl)NC(=O)CO2. The molecule has 0 saturated carbocycles. The Hall–Kier alpha value is -0.640. The lowest BCUT2D eigenvalue weighted by Gasteiger charge is -2.22. The van der Waals surface area contributed by atoms with E-state index in [0.29, 0.717) is 27.0 Å². The highest BCUT2D eigenvalue weighted by molar-refractivity contribution is 6.46. The number of halogens is 3. The Morgan fingerprint density at radius 1 is 1.20 bits per heavy atom. The van der Waals surface area contributed by atoms with Gasteiger partial charge in [0.2, 0.25) is 0 Å². The van der Waals surface area contributed by atoms with Crippen molar-refractivity contribution in [2.75, 3.05) is 11.9 Å². The molecule has 0 radical (unpaired) electrons. The summed E-state index contributed by atoms with van der Waals surface area (Å²) in [6.07, 6.45) is 0. The first-order valence-corrected chi connectivity index (χ1v) is 5.25. The van der Waals surface area contributed by atoms with E-state index in [0.717, 1.165) is 0 Å². The zero-order chi connectivity index (χ0) is 11.2. The Balaban J connectivity index is 2.70. The Labute approximate surface area is 101 Å². The fourth-order valence-electron chi connectivity index (χ4n) is 1.32. The molecule has 0 aliphatic carbocycles. The summed E-state index contributed by atoms with van der Waals surface area (Å²) in [7, 11) is 0. The minimum absolute atomic E-state index is 0.0809. The van der Waals surface area contributed by atoms with Gasteiger partial charge in [0.15, 0.2) is 12.4 Å². The number of nitrogens with one attached hydrogen (secondary N) is 1. The van der Waals surface area contributed by atoms with Gasteiger partial charge in [-0.1, -0.05) is 34.8 Å². The van der Waals surface area contributed by atoms with Gasteiger partial charge in [-0.2, -0.15) is 0 Å². The molecule has 0 unspecified atom stereocenters. The Morgan fingerprint density at radius 2 is 1.87 bits per heavy atom. The Morgan fingerprint density at radius 3 is 2.53 bits per heavy atom. The number of hydrogen-bond donors (Lipinski definition) is 1. The number of carbonyl (C=O) groups excluding carboxylic acids is 1. The molecule has 0 saturated heterocycles. The summed E-state index contributed by atoms with van der Waals surface area (Å²) in [5, 5.41) is 3.57. The van der Waals surface area contributed by atoms with Crippen molar-refractivity contribution in [3.8, 4) is 5.75 Å². The molecule has 15 heavy (non-hydrogen) atoms. The predicted molar refractivity (Wildman–Crippen MR) is 60.3 cm³/mol. The summed E-state index contributed by atoms with van der Waals surface area (Å²) in [4.78, 5) is 11.1. The first kappa shape index (κ1) is 10.9. The highest BCUT2D eigenvalue weighted by atomic mass is 35.5. The molecule has 6 heteroatoms. The largest absolute Gasteiger partial charge is 0.480 e. The van der Waals surface area contributed by atoms with Crippen molar-refractivity contribution in [3.05, 3.63) is 20.6 Å². The molecule has 0 atom stereocenters. The van der Waals surface area contributed by atoms with Crippen molar-refractivity contribution in [2.45, 2.75) is 6.92 Å². The molecule has 1 aliphatic heterocycles. The number of anilines is 1. The van der Waals surface area contributed by atoms with E-state index in [4.69, 9.17) is 39.5 Å². The summed E-state index contributed by atoms with van der Waals surface area (Å²) in [6, 6.07) is 0. The second-order valence-electron chi connectivity index (χ2n) is 3.11. The van der Waals surface area contributed by atoms with Gasteiger partial charge in [0, 0.05) is 0 Å². The van der Waals surface area contributed by atoms with Gasteiger partial charge in [-0.25, -0.2) is 0 Å². The van der Waals surface area contributed by atoms with E-state index in [9.17, 15) is 4.79 Å². The number of benzene rings is 1. The minimum atomic E-state index is -0.262. The molecule has 0 spiro atoms. The molecular weight excluding hydrogens is 260 g/mol. The van der Waals surface area contributed by atoms with Crippen molar-refractivity contribution in [2.24, 2.45) is 0 Å². The first-order chi connectivity index (χ1) is 7.02. The number of amides is 1. The molecule has 0 fully saturated rings. The van der Waals surface area contributed by atoms with E-state index < -0.39 is 0 Å². The standard InChI is InChI=1S/C9H6Cl3NO2/c1-3-5(10)7(12)9-8(6(3)11)13-4(14)2-15-9/h2H2,1H3,(H,13,14). The van der Waals surface area contributed by atoms with Crippen LogP contribution < -0.4 is 10.1 Å². The van der Waals surface area contributed by atoms with Crippen LogP contribution in [-0.4, -0.2) is 12.5 Å². The van der Waals surface area contributed by atoms with Gasteiger partial charge in [0.05, 0.1) is 10.0 Å². The first-order valence-electron chi connectivity index (χ1n) is 4.12. The monoisotopic (exact) mass is 265 g/mol. The van der Waals surface area contributed by atoms with E-state index in [1.54, 1.807) is 6.92 Å². The number of hydrogen-bond acceptors (Lipinski definition) is 2. The maximum Gasteiger partial charge on any atom is 0.262 e. The molecule has 2 rings (SSSR count). The maximum atomic E-state index is 11.1. The lowest BCUT2D eigenvalue weighted by molar-refractivity contribution is -0.118. The van der Waals surface area contributed by atoms with Crippen LogP contribution >= 0.6 is 34.8 Å². The van der Waals surface area contributed by atoms with E-state index in [-0.39, 0.29) is 17.5 Å². The highest BCUT2D eigenvalue weighted by Crippen LogP contribution is 2.47. The molecule has 1 amide bonds. The van der Waals surface area contributed by atoms with Crippen molar-refractivity contribution in [3.63, 3.8) is 0 Å². The second-order valence-corrected chi connectivity index (χ2v) is 4.24. The minimum Gasteiger partial charge on any atom is -0.480 e. The van der Waals surface area contributed by atoms with Gasteiger partial charge in [-0.15, -0.1) is 0 Å². The van der Waals surface area contributed by atoms with E-state index >= 15 is 0 Å². The van der Waals surface area contributed by atoms with Crippen molar-refractivity contribution in [1.29, 1.82) is 0 Å². The third kappa shape index (κ3) is 1.65. The average Bonchev–Trinajstić information content (AvgIpc) is 2.23. The van der Waals surface area contributed by atoms with E-state index in [1.807, 2.05) is 0 Å². The summed E-state index contributed by atoms with van der Waals surface area (Å²) < 4.78 is 5.17. The zero-order valence-corrected chi connectivity index (χ0v) is 9.93. The maximum absolute atomic E-state index is 11.1. The van der Waals surface area contributed by atoms with Crippen molar-refractivity contribution < 1.29 is 9.53 Å². The molecular formula is C9H6Cl3NO2. The average molecular weight is 267 g/mol. The lowest BCUT2D eigenvalue weighted by atomic mass is 10.2. The fraction of sp³-hybridized carbons (Fsp3) is 0.222. The number of fused-ring (bicyclic) bond motifs is 1. The third-order valence-electron chi connectivity index (χ3n) is 2.11. The molecule has 0 aromatic heterocycles. The molecule has 0 bridgehead atoms. The van der Waals surface area contributed by atoms with Crippen LogP contribution in [0.4, 0.5) is 5.69 Å². The van der Waals surface area contributed by atoms with Gasteiger partial charge < -0.3 is 10.1 Å². The molecule has 1 heterocycles. The summed E-state index contributed by atoms with van der Waals surface area (Å²) in [6.45, 7) is 1.64. The van der Waals surface area contributed by atoms with Gasteiger partial charge in [-0.05, 0) is 12.5 Å². The Bertz CT molecular complexity index is 459. The van der Waals surface area contributed by atoms with Gasteiger partial charge >= 0.3 is 0 Å². The van der Waals surface area contributed by atoms with Crippen LogP contribution in [0.15, 0.2) is 0 Å². The van der Waals surface area contributed by atoms with E-state index in [1.165, 1.54) is 0 Å². The van der Waals surface area contributed by atoms with Crippen LogP contribution in [0.1, 0.15) is 5.56 Å². The quantitative estimate of drug-likeness (QED) is 0.732. The number of rotatable bonds is 0. The van der Waals surface area contributed by atoms with Gasteiger partial charge in [0.1, 0.15) is 10.7 Å². The number of ether oxygens (including phenoxy) is 1.